The topological polar surface area (TPSA) is 151 Å². The minimum atomic E-state index is -0.432. The minimum Gasteiger partial charge on any atom is -0.354 e. The van der Waals surface area contributed by atoms with Gasteiger partial charge in [-0.3, -0.25) is 19.8 Å². The maximum atomic E-state index is 13.2. The first-order valence-corrected chi connectivity index (χ1v) is 15.1. The Balaban J connectivity index is 1.04. The fourth-order valence-electron chi connectivity index (χ4n) is 5.90. The Morgan fingerprint density at radius 2 is 1.86 bits per heavy atom. The first-order valence-electron chi connectivity index (χ1n) is 15.1. The Bertz CT molecular complexity index is 1850. The number of hydrogen-bond donors (Lipinski definition) is 2. The maximum absolute atomic E-state index is 13.2. The van der Waals surface area contributed by atoms with E-state index >= 15 is 0 Å². The van der Waals surface area contributed by atoms with E-state index < -0.39 is 6.03 Å². The second-order valence-electron chi connectivity index (χ2n) is 12.4. The number of anilines is 3. The number of carbonyl (C=O) groups is 3. The molecule has 3 aliphatic carbocycles. The van der Waals surface area contributed by atoms with Gasteiger partial charge in [-0.2, -0.15) is 0 Å². The van der Waals surface area contributed by atoms with Crippen LogP contribution in [0.5, 0.6) is 0 Å². The van der Waals surface area contributed by atoms with Gasteiger partial charge in [0, 0.05) is 55.2 Å². The Morgan fingerprint density at radius 3 is 2.59 bits per heavy atom. The molecule has 4 aliphatic rings. The maximum Gasteiger partial charge on any atom is 0.329 e. The van der Waals surface area contributed by atoms with Gasteiger partial charge < -0.3 is 14.6 Å². The second-order valence-corrected chi connectivity index (χ2v) is 12.4. The molecule has 0 radical (unpaired) electrons. The summed E-state index contributed by atoms with van der Waals surface area (Å²) >= 11 is 0. The normalized spacial score (nSPS) is 21.1. The highest BCUT2D eigenvalue weighted by Gasteiger charge is 2.46. The van der Waals surface area contributed by atoms with Crippen LogP contribution in [0.1, 0.15) is 78.5 Å². The summed E-state index contributed by atoms with van der Waals surface area (Å²) in [6.07, 6.45) is 10.8. The molecule has 3 saturated carbocycles. The number of carbonyl (C=O) groups excluding carboxylic acids is 3. The summed E-state index contributed by atoms with van der Waals surface area (Å²) in [5.41, 5.74) is 4.05. The van der Waals surface area contributed by atoms with Gasteiger partial charge in [0.2, 0.25) is 11.8 Å². The Hall–Kier alpha value is -4.94. The number of nitrogens with zero attached hydrogens (tertiary/aromatic N) is 8. The molecule has 0 bridgehead atoms. The number of hydrogen-bond acceptors (Lipinski definition) is 9. The number of nitrogens with one attached hydrogen (secondary N) is 2. The third-order valence-corrected chi connectivity index (χ3v) is 8.72. The number of rotatable bonds is 9. The lowest BCUT2D eigenvalue weighted by molar-refractivity contribution is -0.118. The lowest BCUT2D eigenvalue weighted by Gasteiger charge is -2.19. The van der Waals surface area contributed by atoms with Gasteiger partial charge in [-0.05, 0) is 62.6 Å². The molecule has 0 spiro atoms. The van der Waals surface area contributed by atoms with Gasteiger partial charge in [0.25, 0.3) is 0 Å². The SMILES string of the molecule is Cc1ccnc([C@H]2C[C@@H]2C(=O)Nc2cc(N(C)Cc3cn4cc(C5CC5)cc(N5CC(=O)NC5=O)c4n3)nc(C3CC3)n2)n1. The molecule has 13 nitrogen and oxygen atoms in total. The van der Waals surface area contributed by atoms with Gasteiger partial charge >= 0.3 is 6.03 Å². The van der Waals surface area contributed by atoms with Crippen LogP contribution < -0.4 is 20.4 Å². The third kappa shape index (κ3) is 5.12. The van der Waals surface area contributed by atoms with Gasteiger partial charge in [-0.15, -0.1) is 0 Å². The first kappa shape index (κ1) is 26.7. The fourth-order valence-corrected chi connectivity index (χ4v) is 5.90. The summed E-state index contributed by atoms with van der Waals surface area (Å²) in [4.78, 5) is 64.4. The molecule has 8 rings (SSSR count). The average molecular weight is 593 g/mol. The quantitative estimate of drug-likeness (QED) is 0.279. The van der Waals surface area contributed by atoms with Crippen molar-refractivity contribution >= 4 is 40.8 Å². The van der Waals surface area contributed by atoms with E-state index in [1.54, 1.807) is 12.3 Å². The van der Waals surface area contributed by atoms with Crippen molar-refractivity contribution in [3.8, 4) is 0 Å². The molecule has 1 saturated heterocycles. The molecule has 13 heteroatoms. The molecule has 2 atom stereocenters. The van der Waals surface area contributed by atoms with E-state index in [2.05, 4.69) is 26.8 Å². The monoisotopic (exact) mass is 592 g/mol. The van der Waals surface area contributed by atoms with Gasteiger partial charge in [-0.1, -0.05) is 0 Å². The molecule has 2 N–H and O–H groups in total. The zero-order chi connectivity index (χ0) is 30.1. The number of fused-ring (bicyclic) bond motifs is 1. The Morgan fingerprint density at radius 1 is 1.05 bits per heavy atom. The number of pyridine rings is 1. The minimum absolute atomic E-state index is 0.0203. The summed E-state index contributed by atoms with van der Waals surface area (Å²) in [6, 6.07) is 5.21. The number of amides is 4. The molecule has 4 fully saturated rings. The van der Waals surface area contributed by atoms with Crippen LogP contribution in [-0.4, -0.2) is 60.8 Å². The van der Waals surface area contributed by atoms with Gasteiger partial charge in [0.1, 0.15) is 29.8 Å². The number of imidazole rings is 1. The Kier molecular flexibility index (Phi) is 6.10. The lowest BCUT2D eigenvalue weighted by Crippen LogP contribution is -2.28. The van der Waals surface area contributed by atoms with Crippen LogP contribution in [0.2, 0.25) is 0 Å². The molecule has 4 amide bonds. The molecule has 44 heavy (non-hydrogen) atoms. The van der Waals surface area contributed by atoms with Crippen LogP contribution in [0, 0.1) is 12.8 Å². The highest BCUT2D eigenvalue weighted by Crippen LogP contribution is 2.47. The Labute approximate surface area is 253 Å². The van der Waals surface area contributed by atoms with Crippen LogP contribution in [-0.2, 0) is 16.1 Å². The predicted octanol–water partition coefficient (Wildman–Crippen LogP) is 3.41. The zero-order valence-electron chi connectivity index (χ0n) is 24.5. The molecule has 1 aliphatic heterocycles. The van der Waals surface area contributed by atoms with Gasteiger partial charge in [0.05, 0.1) is 17.9 Å². The van der Waals surface area contributed by atoms with E-state index in [0.29, 0.717) is 53.6 Å². The summed E-state index contributed by atoms with van der Waals surface area (Å²) in [5.74, 6) is 2.80. The molecule has 224 valence electrons. The zero-order valence-corrected chi connectivity index (χ0v) is 24.5. The van der Waals surface area contributed by atoms with E-state index in [4.69, 9.17) is 15.0 Å². The summed E-state index contributed by atoms with van der Waals surface area (Å²) in [6.45, 7) is 2.34. The van der Waals surface area contributed by atoms with Crippen LogP contribution in [0.4, 0.5) is 22.1 Å². The summed E-state index contributed by atoms with van der Waals surface area (Å²) in [5, 5.41) is 5.40. The first-order chi connectivity index (χ1) is 21.3. The number of aryl methyl sites for hydroxylation is 1. The number of imide groups is 1. The highest BCUT2D eigenvalue weighted by atomic mass is 16.2. The fraction of sp³-hybridized carbons (Fsp3) is 0.419. The van der Waals surface area contributed by atoms with Gasteiger partial charge in [-0.25, -0.2) is 29.7 Å². The number of aromatic nitrogens is 6. The van der Waals surface area contributed by atoms with E-state index in [1.165, 1.54) is 4.90 Å². The third-order valence-electron chi connectivity index (χ3n) is 8.72. The van der Waals surface area contributed by atoms with Crippen LogP contribution >= 0.6 is 0 Å². The van der Waals surface area contributed by atoms with Crippen molar-refractivity contribution in [1.82, 2.24) is 34.6 Å². The van der Waals surface area contributed by atoms with E-state index in [0.717, 1.165) is 48.5 Å². The van der Waals surface area contributed by atoms with E-state index in [1.807, 2.05) is 41.6 Å². The van der Waals surface area contributed by atoms with E-state index in [9.17, 15) is 14.4 Å². The van der Waals surface area contributed by atoms with Crippen LogP contribution in [0.3, 0.4) is 0 Å². The van der Waals surface area contributed by atoms with E-state index in [-0.39, 0.29) is 30.2 Å². The summed E-state index contributed by atoms with van der Waals surface area (Å²) < 4.78 is 1.95. The highest BCUT2D eigenvalue weighted by molar-refractivity contribution is 6.13. The lowest BCUT2D eigenvalue weighted by atomic mass is 10.1. The molecule has 4 aromatic rings. The predicted molar refractivity (Wildman–Crippen MR) is 160 cm³/mol. The molecule has 4 aromatic heterocycles. The standard InChI is InChI=1S/C31H32N10O3/c1-16-7-8-32-28(33-16)21-10-22(21)30(43)36-24-11-25(37-27(35-24)18-5-6-18)39(2)13-20-14-40-12-19(17-3-4-17)9-23(29(40)34-20)41-15-26(42)38-31(41)44/h7-9,11-12,14,17-18,21-22H,3-6,10,13,15H2,1-2H3,(H,38,42,44)(H,35,36,37,43)/t21-,22-/m0/s1. The van der Waals surface area contributed by atoms with Crippen molar-refractivity contribution in [3.63, 3.8) is 0 Å². The van der Waals surface area contributed by atoms with Crippen molar-refractivity contribution in [3.05, 3.63) is 65.4 Å². The molecule has 0 unspecified atom stereocenters. The smallest absolute Gasteiger partial charge is 0.329 e. The van der Waals surface area contributed by atoms with Crippen molar-refractivity contribution in [2.45, 2.75) is 63.3 Å². The molecular formula is C31H32N10O3. The van der Waals surface area contributed by atoms with Crippen molar-refractivity contribution in [1.29, 1.82) is 0 Å². The molecule has 0 aromatic carbocycles. The van der Waals surface area contributed by atoms with Crippen molar-refractivity contribution in [2.75, 3.05) is 28.7 Å². The number of urea groups is 1. The largest absolute Gasteiger partial charge is 0.354 e. The van der Waals surface area contributed by atoms with Crippen molar-refractivity contribution < 1.29 is 14.4 Å². The van der Waals surface area contributed by atoms with Crippen molar-refractivity contribution in [2.24, 2.45) is 5.92 Å². The second kappa shape index (κ2) is 10.1. The van der Waals surface area contributed by atoms with Crippen LogP contribution in [0.25, 0.3) is 5.65 Å². The van der Waals surface area contributed by atoms with Gasteiger partial charge in [0.15, 0.2) is 5.65 Å². The average Bonchev–Trinajstić information content (AvgIpc) is 3.88. The summed E-state index contributed by atoms with van der Waals surface area (Å²) in [7, 11) is 1.93. The molecular weight excluding hydrogens is 560 g/mol. The van der Waals surface area contributed by atoms with Crippen LogP contribution in [0.15, 0.2) is 36.8 Å². The molecule has 5 heterocycles.